The predicted molar refractivity (Wildman–Crippen MR) is 72.3 cm³/mol. The Hall–Kier alpha value is -0.530. The molecule has 0 fully saturated rings. The number of rotatable bonds is 5. The maximum atomic E-state index is 5.85. The van der Waals surface area contributed by atoms with E-state index in [0.717, 1.165) is 6.42 Å². The summed E-state index contributed by atoms with van der Waals surface area (Å²) in [4.78, 5) is 2.23. The van der Waals surface area contributed by atoms with Gasteiger partial charge in [0.25, 0.3) is 0 Å². The quantitative estimate of drug-likeness (QED) is 0.701. The Kier molecular flexibility index (Phi) is 5.30. The second kappa shape index (κ2) is 6.27. The second-order valence-electron chi connectivity index (χ2n) is 4.78. The molecule has 0 radical (unpaired) electrons. The van der Waals surface area contributed by atoms with E-state index in [4.69, 9.17) is 11.6 Å². The fourth-order valence-corrected chi connectivity index (χ4v) is 2.14. The first kappa shape index (κ1) is 13.5. The van der Waals surface area contributed by atoms with Gasteiger partial charge in [-0.05, 0) is 37.6 Å². The van der Waals surface area contributed by atoms with E-state index in [0.29, 0.717) is 17.8 Å². The summed E-state index contributed by atoms with van der Waals surface area (Å²) in [6.07, 6.45) is 0.996. The van der Waals surface area contributed by atoms with Crippen LogP contribution in [0.15, 0.2) is 24.3 Å². The number of hydrogen-bond acceptors (Lipinski definition) is 1. The lowest BCUT2D eigenvalue weighted by Gasteiger charge is -2.24. The van der Waals surface area contributed by atoms with E-state index in [1.165, 1.54) is 11.1 Å². The smallest absolute Gasteiger partial charge is 0.0353 e. The Labute approximate surface area is 104 Å². The van der Waals surface area contributed by atoms with Crippen LogP contribution < -0.4 is 0 Å². The van der Waals surface area contributed by atoms with E-state index >= 15 is 0 Å². The number of hydrogen-bond donors (Lipinski definition) is 0. The van der Waals surface area contributed by atoms with Gasteiger partial charge in [-0.15, -0.1) is 11.6 Å². The first-order chi connectivity index (χ1) is 7.56. The highest BCUT2D eigenvalue weighted by Gasteiger charge is 2.13. The van der Waals surface area contributed by atoms with Crippen molar-refractivity contribution in [1.82, 2.24) is 4.90 Å². The van der Waals surface area contributed by atoms with Crippen LogP contribution in [-0.4, -0.2) is 24.9 Å². The van der Waals surface area contributed by atoms with Crippen molar-refractivity contribution < 1.29 is 0 Å². The van der Waals surface area contributed by atoms with Gasteiger partial charge in [0.15, 0.2) is 0 Å². The first-order valence-electron chi connectivity index (χ1n) is 5.88. The van der Waals surface area contributed by atoms with Crippen LogP contribution in [0.3, 0.4) is 0 Å². The molecule has 1 nitrogen and oxygen atoms in total. The Balaban J connectivity index is 2.85. The molecule has 0 spiro atoms. The van der Waals surface area contributed by atoms with E-state index in [-0.39, 0.29) is 0 Å². The van der Waals surface area contributed by atoms with Crippen molar-refractivity contribution >= 4 is 11.6 Å². The monoisotopic (exact) mass is 239 g/mol. The molecule has 0 amide bonds. The lowest BCUT2D eigenvalue weighted by atomic mass is 9.97. The predicted octanol–water partition coefficient (Wildman–Crippen LogP) is 4.04. The van der Waals surface area contributed by atoms with Crippen molar-refractivity contribution in [2.45, 2.75) is 32.2 Å². The molecule has 1 aromatic carbocycles. The number of nitrogens with zero attached hydrogens (tertiary/aromatic N) is 1. The lowest BCUT2D eigenvalue weighted by Crippen LogP contribution is -2.20. The van der Waals surface area contributed by atoms with Gasteiger partial charge in [-0.3, -0.25) is 0 Å². The second-order valence-corrected chi connectivity index (χ2v) is 5.16. The van der Waals surface area contributed by atoms with Gasteiger partial charge in [-0.25, -0.2) is 0 Å². The molecule has 1 unspecified atom stereocenters. The topological polar surface area (TPSA) is 3.24 Å². The third-order valence-electron chi connectivity index (χ3n) is 2.99. The Morgan fingerprint density at radius 2 is 1.56 bits per heavy atom. The highest BCUT2D eigenvalue weighted by Crippen LogP contribution is 2.24. The Morgan fingerprint density at radius 3 is 1.94 bits per heavy atom. The number of alkyl halides is 1. The molecule has 0 saturated heterocycles. The third kappa shape index (κ3) is 3.50. The summed E-state index contributed by atoms with van der Waals surface area (Å²) in [6, 6.07) is 9.34. The van der Waals surface area contributed by atoms with Gasteiger partial charge < -0.3 is 4.90 Å². The first-order valence-corrected chi connectivity index (χ1v) is 6.42. The average molecular weight is 240 g/mol. The van der Waals surface area contributed by atoms with Crippen molar-refractivity contribution in [1.29, 1.82) is 0 Å². The molecule has 0 heterocycles. The van der Waals surface area contributed by atoms with Crippen LogP contribution in [0.25, 0.3) is 0 Å². The van der Waals surface area contributed by atoms with E-state index in [9.17, 15) is 0 Å². The van der Waals surface area contributed by atoms with Crippen molar-refractivity contribution in [2.75, 3.05) is 20.0 Å². The summed E-state index contributed by atoms with van der Waals surface area (Å²) >= 11 is 5.85. The standard InChI is InChI=1S/C14H22ClN/c1-11(2)12-5-7-13(8-6-12)14(9-10-15)16(3)4/h5-8,11,14H,9-10H2,1-4H3. The summed E-state index contributed by atoms with van der Waals surface area (Å²) in [6.45, 7) is 4.44. The summed E-state index contributed by atoms with van der Waals surface area (Å²) < 4.78 is 0. The summed E-state index contributed by atoms with van der Waals surface area (Å²) in [5.41, 5.74) is 2.75. The Morgan fingerprint density at radius 1 is 1.06 bits per heavy atom. The van der Waals surface area contributed by atoms with Crippen LogP contribution in [0, 0.1) is 0 Å². The van der Waals surface area contributed by atoms with E-state index < -0.39 is 0 Å². The van der Waals surface area contributed by atoms with Gasteiger partial charge >= 0.3 is 0 Å². The van der Waals surface area contributed by atoms with Crippen LogP contribution >= 0.6 is 11.6 Å². The Bertz CT molecular complexity index is 303. The summed E-state index contributed by atoms with van der Waals surface area (Å²) in [5.74, 6) is 1.30. The fourth-order valence-electron chi connectivity index (χ4n) is 1.93. The van der Waals surface area contributed by atoms with Gasteiger partial charge in [0.1, 0.15) is 0 Å². The highest BCUT2D eigenvalue weighted by molar-refractivity contribution is 6.17. The van der Waals surface area contributed by atoms with Crippen molar-refractivity contribution in [3.63, 3.8) is 0 Å². The molecule has 0 aliphatic heterocycles. The van der Waals surface area contributed by atoms with E-state index in [1.807, 2.05) is 0 Å². The van der Waals surface area contributed by atoms with Crippen LogP contribution in [0.5, 0.6) is 0 Å². The molecular weight excluding hydrogens is 218 g/mol. The van der Waals surface area contributed by atoms with E-state index in [2.05, 4.69) is 57.1 Å². The molecule has 0 aliphatic carbocycles. The zero-order valence-corrected chi connectivity index (χ0v) is 11.5. The molecule has 0 saturated carbocycles. The van der Waals surface area contributed by atoms with Crippen molar-refractivity contribution in [2.24, 2.45) is 0 Å². The van der Waals surface area contributed by atoms with Gasteiger partial charge in [0, 0.05) is 11.9 Å². The zero-order valence-electron chi connectivity index (χ0n) is 10.7. The lowest BCUT2D eigenvalue weighted by molar-refractivity contribution is 0.293. The summed E-state index contributed by atoms with van der Waals surface area (Å²) in [5, 5.41) is 0. The highest BCUT2D eigenvalue weighted by atomic mass is 35.5. The van der Waals surface area contributed by atoms with Gasteiger partial charge in [-0.1, -0.05) is 38.1 Å². The zero-order chi connectivity index (χ0) is 12.1. The molecular formula is C14H22ClN. The minimum Gasteiger partial charge on any atom is -0.302 e. The average Bonchev–Trinajstić information content (AvgIpc) is 2.25. The molecule has 1 atom stereocenters. The molecule has 0 aromatic heterocycles. The fraction of sp³-hybridized carbons (Fsp3) is 0.571. The largest absolute Gasteiger partial charge is 0.302 e. The summed E-state index contributed by atoms with van der Waals surface area (Å²) in [7, 11) is 4.21. The molecule has 0 bridgehead atoms. The normalized spacial score (nSPS) is 13.4. The minimum atomic E-state index is 0.429. The number of halogens is 1. The molecule has 16 heavy (non-hydrogen) atoms. The van der Waals surface area contributed by atoms with Gasteiger partial charge in [0.2, 0.25) is 0 Å². The minimum absolute atomic E-state index is 0.429. The maximum Gasteiger partial charge on any atom is 0.0353 e. The third-order valence-corrected chi connectivity index (χ3v) is 3.21. The maximum absolute atomic E-state index is 5.85. The van der Waals surface area contributed by atoms with Crippen LogP contribution in [0.2, 0.25) is 0 Å². The molecule has 2 heteroatoms. The molecule has 0 aliphatic rings. The molecule has 1 rings (SSSR count). The van der Waals surface area contributed by atoms with Crippen molar-refractivity contribution in [3.8, 4) is 0 Å². The number of benzene rings is 1. The van der Waals surface area contributed by atoms with Crippen LogP contribution in [0.1, 0.15) is 43.4 Å². The van der Waals surface area contributed by atoms with Crippen LogP contribution in [0.4, 0.5) is 0 Å². The SMILES string of the molecule is CC(C)c1ccc(C(CCCl)N(C)C)cc1. The van der Waals surface area contributed by atoms with Gasteiger partial charge in [-0.2, -0.15) is 0 Å². The van der Waals surface area contributed by atoms with Gasteiger partial charge in [0.05, 0.1) is 0 Å². The van der Waals surface area contributed by atoms with Crippen LogP contribution in [-0.2, 0) is 0 Å². The molecule has 0 N–H and O–H groups in total. The van der Waals surface area contributed by atoms with E-state index in [1.54, 1.807) is 0 Å². The van der Waals surface area contributed by atoms with Crippen molar-refractivity contribution in [3.05, 3.63) is 35.4 Å². The molecule has 1 aromatic rings. The molecule has 90 valence electrons.